The van der Waals surface area contributed by atoms with Crippen molar-refractivity contribution in [2.75, 3.05) is 6.54 Å². The van der Waals surface area contributed by atoms with Gasteiger partial charge in [-0.25, -0.2) is 0 Å². The molecule has 0 saturated carbocycles. The molecular weight excluding hydrogens is 392 g/mol. The topological polar surface area (TPSA) is 49.4 Å². The Kier molecular flexibility index (Phi) is 6.00. The molecule has 0 bridgehead atoms. The summed E-state index contributed by atoms with van der Waals surface area (Å²) in [5.74, 6) is -0.189. The maximum absolute atomic E-state index is 13.5. The summed E-state index contributed by atoms with van der Waals surface area (Å²) < 4.78 is 0. The molecule has 2 amide bonds. The number of hydrogen-bond acceptors (Lipinski definition) is 3. The third-order valence-corrected chi connectivity index (χ3v) is 6.37. The molecule has 2 heterocycles. The van der Waals surface area contributed by atoms with Gasteiger partial charge < -0.3 is 10.2 Å². The Hall–Kier alpha value is -2.92. The number of rotatable bonds is 6. The summed E-state index contributed by atoms with van der Waals surface area (Å²) in [4.78, 5) is 29.9. The first-order chi connectivity index (χ1) is 14.6. The Morgan fingerprint density at radius 1 is 1.03 bits per heavy atom. The van der Waals surface area contributed by atoms with Crippen molar-refractivity contribution in [2.24, 2.45) is 5.92 Å². The molecule has 1 aliphatic rings. The van der Waals surface area contributed by atoms with E-state index in [0.717, 1.165) is 16.0 Å². The molecule has 2 aromatic carbocycles. The number of nitrogens with zero attached hydrogens (tertiary/aromatic N) is 1. The quantitative estimate of drug-likeness (QED) is 0.612. The van der Waals surface area contributed by atoms with Crippen LogP contribution in [0, 0.1) is 5.92 Å². The molecule has 0 aliphatic carbocycles. The van der Waals surface area contributed by atoms with Crippen LogP contribution in [-0.4, -0.2) is 23.3 Å². The minimum Gasteiger partial charge on any atom is -0.351 e. The summed E-state index contributed by atoms with van der Waals surface area (Å²) in [6.07, 6.45) is 0. The van der Waals surface area contributed by atoms with E-state index in [0.29, 0.717) is 24.6 Å². The second-order valence-electron chi connectivity index (χ2n) is 8.08. The predicted octanol–water partition coefficient (Wildman–Crippen LogP) is 5.00. The van der Waals surface area contributed by atoms with Crippen LogP contribution in [0.2, 0.25) is 0 Å². The molecule has 0 saturated heterocycles. The van der Waals surface area contributed by atoms with Crippen molar-refractivity contribution in [3.63, 3.8) is 0 Å². The van der Waals surface area contributed by atoms with E-state index in [4.69, 9.17) is 0 Å². The Labute approximate surface area is 181 Å². The first-order valence-corrected chi connectivity index (χ1v) is 11.2. The minimum atomic E-state index is -0.444. The molecule has 3 aromatic rings. The number of carbonyl (C=O) groups is 2. The van der Waals surface area contributed by atoms with Crippen LogP contribution in [0.4, 0.5) is 0 Å². The summed E-state index contributed by atoms with van der Waals surface area (Å²) in [7, 11) is 0. The molecule has 0 spiro atoms. The van der Waals surface area contributed by atoms with Crippen LogP contribution < -0.4 is 5.32 Å². The molecule has 1 aromatic heterocycles. The summed E-state index contributed by atoms with van der Waals surface area (Å²) >= 11 is 1.60. The largest absolute Gasteiger partial charge is 0.351 e. The van der Waals surface area contributed by atoms with Gasteiger partial charge in [-0.1, -0.05) is 68.4 Å². The summed E-state index contributed by atoms with van der Waals surface area (Å²) in [6.45, 7) is 5.28. The predicted molar refractivity (Wildman–Crippen MR) is 120 cm³/mol. The third-order valence-electron chi connectivity index (χ3n) is 5.43. The van der Waals surface area contributed by atoms with Crippen molar-refractivity contribution in [1.29, 1.82) is 0 Å². The standard InChI is InChI=1S/C25H26N2O2S/c1-17(2)16-27-23(21-13-8-14-30-21)22(19-11-6-7-12-20(19)25(27)29)24(28)26-15-18-9-4-3-5-10-18/h3-14,17,22-23H,15-16H2,1-2H3,(H,26,28)/t22-,23+/m0/s1. The van der Waals surface area contributed by atoms with E-state index in [2.05, 4.69) is 19.2 Å². The van der Waals surface area contributed by atoms with Crippen LogP contribution in [0.1, 0.15) is 52.2 Å². The molecule has 0 fully saturated rings. The van der Waals surface area contributed by atoms with Gasteiger partial charge in [-0.15, -0.1) is 11.3 Å². The highest BCUT2D eigenvalue weighted by molar-refractivity contribution is 7.10. The first kappa shape index (κ1) is 20.4. The Balaban J connectivity index is 1.74. The van der Waals surface area contributed by atoms with Gasteiger partial charge in [0.15, 0.2) is 0 Å². The zero-order valence-corrected chi connectivity index (χ0v) is 18.1. The number of hydrogen-bond donors (Lipinski definition) is 1. The van der Waals surface area contributed by atoms with Crippen molar-refractivity contribution in [2.45, 2.75) is 32.4 Å². The number of thiophene rings is 1. The highest BCUT2D eigenvalue weighted by Gasteiger charge is 2.44. The van der Waals surface area contributed by atoms with Crippen LogP contribution in [0.3, 0.4) is 0 Å². The van der Waals surface area contributed by atoms with Crippen molar-refractivity contribution in [3.05, 3.63) is 93.7 Å². The number of amides is 2. The number of benzene rings is 2. The van der Waals surface area contributed by atoms with Crippen molar-refractivity contribution in [3.8, 4) is 0 Å². The van der Waals surface area contributed by atoms with E-state index in [1.807, 2.05) is 77.0 Å². The van der Waals surface area contributed by atoms with E-state index in [1.165, 1.54) is 0 Å². The fraction of sp³-hybridized carbons (Fsp3) is 0.280. The third kappa shape index (κ3) is 4.03. The van der Waals surface area contributed by atoms with E-state index < -0.39 is 5.92 Å². The van der Waals surface area contributed by atoms with Gasteiger partial charge in [0, 0.05) is 23.5 Å². The van der Waals surface area contributed by atoms with Gasteiger partial charge in [-0.2, -0.15) is 0 Å². The first-order valence-electron chi connectivity index (χ1n) is 10.3. The zero-order valence-electron chi connectivity index (χ0n) is 17.2. The van der Waals surface area contributed by atoms with Crippen molar-refractivity contribution in [1.82, 2.24) is 10.2 Å². The fourth-order valence-corrected chi connectivity index (χ4v) is 5.02. The SMILES string of the molecule is CC(C)CN1C(=O)c2ccccc2[C@H](C(=O)NCc2ccccc2)[C@H]1c1cccs1. The molecule has 0 radical (unpaired) electrons. The lowest BCUT2D eigenvalue weighted by Gasteiger charge is -2.42. The Bertz CT molecular complexity index is 1010. The monoisotopic (exact) mass is 418 g/mol. The van der Waals surface area contributed by atoms with Gasteiger partial charge in [0.2, 0.25) is 5.91 Å². The lowest BCUT2D eigenvalue weighted by Crippen LogP contribution is -2.48. The molecule has 30 heavy (non-hydrogen) atoms. The maximum atomic E-state index is 13.5. The molecule has 4 nitrogen and oxygen atoms in total. The number of nitrogens with one attached hydrogen (secondary N) is 1. The number of carbonyl (C=O) groups excluding carboxylic acids is 2. The zero-order chi connectivity index (χ0) is 21.1. The lowest BCUT2D eigenvalue weighted by molar-refractivity contribution is -0.124. The van der Waals surface area contributed by atoms with Gasteiger partial charge in [0.25, 0.3) is 5.91 Å². The molecule has 1 N–H and O–H groups in total. The van der Waals surface area contributed by atoms with E-state index in [-0.39, 0.29) is 17.9 Å². The van der Waals surface area contributed by atoms with Gasteiger partial charge in [0.05, 0.1) is 12.0 Å². The van der Waals surface area contributed by atoms with Gasteiger partial charge in [0.1, 0.15) is 0 Å². The van der Waals surface area contributed by atoms with Crippen LogP contribution in [0.25, 0.3) is 0 Å². The average Bonchev–Trinajstić information content (AvgIpc) is 3.29. The second-order valence-corrected chi connectivity index (χ2v) is 9.06. The van der Waals surface area contributed by atoms with E-state index >= 15 is 0 Å². The molecule has 5 heteroatoms. The van der Waals surface area contributed by atoms with Crippen molar-refractivity contribution < 1.29 is 9.59 Å². The fourth-order valence-electron chi connectivity index (χ4n) is 4.14. The maximum Gasteiger partial charge on any atom is 0.254 e. The summed E-state index contributed by atoms with van der Waals surface area (Å²) in [6, 6.07) is 21.2. The average molecular weight is 419 g/mol. The van der Waals surface area contributed by atoms with Crippen LogP contribution >= 0.6 is 11.3 Å². The van der Waals surface area contributed by atoms with E-state index in [1.54, 1.807) is 11.3 Å². The Morgan fingerprint density at radius 3 is 2.47 bits per heavy atom. The molecular formula is C25H26N2O2S. The molecule has 0 unspecified atom stereocenters. The summed E-state index contributed by atoms with van der Waals surface area (Å²) in [5.41, 5.74) is 2.50. The van der Waals surface area contributed by atoms with Crippen molar-refractivity contribution >= 4 is 23.2 Å². The highest BCUT2D eigenvalue weighted by Crippen LogP contribution is 2.44. The van der Waals surface area contributed by atoms with E-state index in [9.17, 15) is 9.59 Å². The van der Waals surface area contributed by atoms with Gasteiger partial charge >= 0.3 is 0 Å². The molecule has 1 aliphatic heterocycles. The molecule has 4 rings (SSSR count). The van der Waals surface area contributed by atoms with Crippen LogP contribution in [0.15, 0.2) is 72.1 Å². The lowest BCUT2D eigenvalue weighted by atomic mass is 9.81. The summed E-state index contributed by atoms with van der Waals surface area (Å²) in [5, 5.41) is 5.12. The van der Waals surface area contributed by atoms with Crippen LogP contribution in [-0.2, 0) is 11.3 Å². The smallest absolute Gasteiger partial charge is 0.254 e. The molecule has 2 atom stereocenters. The van der Waals surface area contributed by atoms with Crippen LogP contribution in [0.5, 0.6) is 0 Å². The van der Waals surface area contributed by atoms with Gasteiger partial charge in [-0.3, -0.25) is 9.59 Å². The van der Waals surface area contributed by atoms with Gasteiger partial charge in [-0.05, 0) is 34.6 Å². The second kappa shape index (κ2) is 8.84. The number of fused-ring (bicyclic) bond motifs is 1. The minimum absolute atomic E-state index is 0.00445. The normalized spacial score (nSPS) is 18.4. The Morgan fingerprint density at radius 2 is 1.77 bits per heavy atom. The highest BCUT2D eigenvalue weighted by atomic mass is 32.1. The molecule has 154 valence electrons.